The minimum atomic E-state index is -3.52. The van der Waals surface area contributed by atoms with Gasteiger partial charge < -0.3 is 5.73 Å². The predicted molar refractivity (Wildman–Crippen MR) is 71.9 cm³/mol. The third-order valence-corrected chi connectivity index (χ3v) is 3.66. The van der Waals surface area contributed by atoms with Gasteiger partial charge in [-0.2, -0.15) is 5.26 Å². The zero-order chi connectivity index (χ0) is 12.7. The second-order valence-electron chi connectivity index (χ2n) is 3.53. The van der Waals surface area contributed by atoms with Crippen LogP contribution in [0, 0.1) is 11.3 Å². The highest BCUT2D eigenvalue weighted by Gasteiger charge is 2.13. The number of benzene rings is 1. The number of nitriles is 1. The van der Waals surface area contributed by atoms with Crippen molar-refractivity contribution in [3.05, 3.63) is 29.8 Å². The summed E-state index contributed by atoms with van der Waals surface area (Å²) in [6.07, 6.45) is 1.48. The Labute approximate surface area is 113 Å². The number of sulfonamides is 1. The molecular weight excluding hydrogens is 274 g/mol. The lowest BCUT2D eigenvalue weighted by atomic mass is 10.2. The van der Waals surface area contributed by atoms with Gasteiger partial charge in [-0.05, 0) is 37.6 Å². The highest BCUT2D eigenvalue weighted by Crippen LogP contribution is 2.10. The Morgan fingerprint density at radius 1 is 1.33 bits per heavy atom. The van der Waals surface area contributed by atoms with Crippen LogP contribution in [0.25, 0.3) is 0 Å². The molecule has 0 fully saturated rings. The molecule has 1 rings (SSSR count). The van der Waals surface area contributed by atoms with Crippen molar-refractivity contribution in [3.8, 4) is 6.07 Å². The number of hydrogen-bond donors (Lipinski definition) is 2. The van der Waals surface area contributed by atoms with E-state index in [0.717, 1.165) is 6.42 Å². The van der Waals surface area contributed by atoms with Gasteiger partial charge in [-0.3, -0.25) is 0 Å². The summed E-state index contributed by atoms with van der Waals surface area (Å²) in [5, 5.41) is 8.69. The predicted octanol–water partition coefficient (Wildman–Crippen LogP) is 0.997. The first-order valence-electron chi connectivity index (χ1n) is 5.30. The lowest BCUT2D eigenvalue weighted by Gasteiger charge is -2.06. The van der Waals surface area contributed by atoms with Crippen LogP contribution in [-0.4, -0.2) is 21.5 Å². The Morgan fingerprint density at radius 2 is 2.06 bits per heavy atom. The Balaban J connectivity index is 0.00000289. The van der Waals surface area contributed by atoms with Crippen molar-refractivity contribution in [3.63, 3.8) is 0 Å². The molecule has 0 aliphatic rings. The minimum Gasteiger partial charge on any atom is -0.330 e. The number of nitrogens with one attached hydrogen (secondary N) is 1. The average Bonchev–Trinajstić information content (AvgIpc) is 2.35. The van der Waals surface area contributed by atoms with Crippen LogP contribution in [-0.2, 0) is 10.0 Å². The fourth-order valence-corrected chi connectivity index (χ4v) is 2.41. The normalized spacial score (nSPS) is 10.4. The number of nitrogens with two attached hydrogens (primary N) is 1. The number of halogens is 1. The molecule has 0 aromatic heterocycles. The van der Waals surface area contributed by atoms with Crippen molar-refractivity contribution in [2.24, 2.45) is 5.73 Å². The quantitative estimate of drug-likeness (QED) is 0.764. The summed E-state index contributed by atoms with van der Waals surface area (Å²) >= 11 is 0. The van der Waals surface area contributed by atoms with E-state index in [0.29, 0.717) is 25.1 Å². The van der Waals surface area contributed by atoms with Gasteiger partial charge in [0.1, 0.15) is 0 Å². The maximum absolute atomic E-state index is 11.8. The van der Waals surface area contributed by atoms with Gasteiger partial charge in [0, 0.05) is 6.54 Å². The SMILES string of the molecule is Cl.N#Cc1cccc(S(=O)(=O)NCCCCN)c1. The topological polar surface area (TPSA) is 96.0 Å². The number of rotatable bonds is 6. The van der Waals surface area contributed by atoms with Crippen LogP contribution in [0.2, 0.25) is 0 Å². The molecule has 0 aliphatic heterocycles. The van der Waals surface area contributed by atoms with Crippen molar-refractivity contribution in [2.45, 2.75) is 17.7 Å². The molecule has 0 amide bonds. The molecule has 0 spiro atoms. The third kappa shape index (κ3) is 5.02. The molecule has 0 heterocycles. The number of hydrogen-bond acceptors (Lipinski definition) is 4. The lowest BCUT2D eigenvalue weighted by Crippen LogP contribution is -2.25. The smallest absolute Gasteiger partial charge is 0.240 e. The van der Waals surface area contributed by atoms with Crippen LogP contribution < -0.4 is 10.5 Å². The Kier molecular flexibility index (Phi) is 7.55. The van der Waals surface area contributed by atoms with Gasteiger partial charge in [0.15, 0.2) is 0 Å². The summed E-state index contributed by atoms with van der Waals surface area (Å²) in [5.41, 5.74) is 5.64. The number of unbranched alkanes of at least 4 members (excludes halogenated alkanes) is 1. The molecule has 1 aromatic rings. The molecule has 100 valence electrons. The first kappa shape index (κ1) is 16.9. The molecule has 0 saturated heterocycles. The molecule has 0 bridgehead atoms. The first-order chi connectivity index (χ1) is 8.10. The minimum absolute atomic E-state index is 0. The van der Waals surface area contributed by atoms with Crippen molar-refractivity contribution >= 4 is 22.4 Å². The molecule has 18 heavy (non-hydrogen) atoms. The second-order valence-corrected chi connectivity index (χ2v) is 5.30. The van der Waals surface area contributed by atoms with E-state index in [2.05, 4.69) is 4.72 Å². The van der Waals surface area contributed by atoms with Gasteiger partial charge in [0.25, 0.3) is 0 Å². The van der Waals surface area contributed by atoms with Crippen LogP contribution in [0.4, 0.5) is 0 Å². The Bertz CT molecular complexity index is 511. The molecule has 1 aromatic carbocycles. The van der Waals surface area contributed by atoms with Gasteiger partial charge in [0.2, 0.25) is 10.0 Å². The molecule has 0 atom stereocenters. The zero-order valence-electron chi connectivity index (χ0n) is 9.80. The summed E-state index contributed by atoms with van der Waals surface area (Å²) < 4.78 is 26.1. The van der Waals surface area contributed by atoms with Crippen molar-refractivity contribution in [1.82, 2.24) is 4.72 Å². The van der Waals surface area contributed by atoms with Crippen molar-refractivity contribution in [2.75, 3.05) is 13.1 Å². The number of nitrogens with zero attached hydrogens (tertiary/aromatic N) is 1. The van der Waals surface area contributed by atoms with E-state index in [9.17, 15) is 8.42 Å². The maximum Gasteiger partial charge on any atom is 0.240 e. The molecule has 3 N–H and O–H groups in total. The monoisotopic (exact) mass is 289 g/mol. The van der Waals surface area contributed by atoms with Gasteiger partial charge in [-0.1, -0.05) is 6.07 Å². The molecular formula is C11H16ClN3O2S. The van der Waals surface area contributed by atoms with Crippen LogP contribution in [0.15, 0.2) is 29.2 Å². The van der Waals surface area contributed by atoms with E-state index in [1.54, 1.807) is 12.1 Å². The molecule has 0 saturated carbocycles. The summed E-state index contributed by atoms with van der Waals surface area (Å²) in [6, 6.07) is 7.84. The van der Waals surface area contributed by atoms with Gasteiger partial charge >= 0.3 is 0 Å². The van der Waals surface area contributed by atoms with E-state index in [1.807, 2.05) is 6.07 Å². The fraction of sp³-hybridized carbons (Fsp3) is 0.364. The van der Waals surface area contributed by atoms with Gasteiger partial charge in [-0.25, -0.2) is 13.1 Å². The highest BCUT2D eigenvalue weighted by atomic mass is 35.5. The van der Waals surface area contributed by atoms with E-state index < -0.39 is 10.0 Å². The van der Waals surface area contributed by atoms with Crippen molar-refractivity contribution in [1.29, 1.82) is 5.26 Å². The highest BCUT2D eigenvalue weighted by molar-refractivity contribution is 7.89. The van der Waals surface area contributed by atoms with E-state index in [1.165, 1.54) is 12.1 Å². The summed E-state index contributed by atoms with van der Waals surface area (Å²) in [7, 11) is -3.52. The fourth-order valence-electron chi connectivity index (χ4n) is 1.29. The van der Waals surface area contributed by atoms with Crippen LogP contribution in [0.1, 0.15) is 18.4 Å². The van der Waals surface area contributed by atoms with Crippen molar-refractivity contribution < 1.29 is 8.42 Å². The molecule has 5 nitrogen and oxygen atoms in total. The van der Waals surface area contributed by atoms with E-state index in [-0.39, 0.29) is 17.3 Å². The molecule has 0 radical (unpaired) electrons. The van der Waals surface area contributed by atoms with Crippen LogP contribution in [0.3, 0.4) is 0 Å². The molecule has 0 aliphatic carbocycles. The van der Waals surface area contributed by atoms with Crippen LogP contribution in [0.5, 0.6) is 0 Å². The van der Waals surface area contributed by atoms with Gasteiger partial charge in [0.05, 0.1) is 16.5 Å². The third-order valence-electron chi connectivity index (χ3n) is 2.20. The van der Waals surface area contributed by atoms with Gasteiger partial charge in [-0.15, -0.1) is 12.4 Å². The summed E-state index contributed by atoms with van der Waals surface area (Å²) in [6.45, 7) is 0.905. The van der Waals surface area contributed by atoms with E-state index >= 15 is 0 Å². The molecule has 7 heteroatoms. The van der Waals surface area contributed by atoms with E-state index in [4.69, 9.17) is 11.0 Å². The average molecular weight is 290 g/mol. The lowest BCUT2D eigenvalue weighted by molar-refractivity contribution is 0.577. The molecule has 0 unspecified atom stereocenters. The Hall–Kier alpha value is -1.13. The standard InChI is InChI=1S/C11H15N3O2S.ClH/c12-6-1-2-7-14-17(15,16)11-5-3-4-10(8-11)9-13;/h3-5,8,14H,1-2,6-7,12H2;1H. The maximum atomic E-state index is 11.8. The Morgan fingerprint density at radius 3 is 2.67 bits per heavy atom. The first-order valence-corrected chi connectivity index (χ1v) is 6.78. The summed E-state index contributed by atoms with van der Waals surface area (Å²) in [5.74, 6) is 0. The second kappa shape index (κ2) is 8.06. The zero-order valence-corrected chi connectivity index (χ0v) is 11.4. The summed E-state index contributed by atoms with van der Waals surface area (Å²) in [4.78, 5) is 0.115. The van der Waals surface area contributed by atoms with Crippen LogP contribution >= 0.6 is 12.4 Å². The largest absolute Gasteiger partial charge is 0.330 e.